The fourth-order valence-corrected chi connectivity index (χ4v) is 2.41. The van der Waals surface area contributed by atoms with E-state index in [1.54, 1.807) is 0 Å². The molecule has 0 amide bonds. The maximum atomic E-state index is 6.13. The average molecular weight is 269 g/mol. The van der Waals surface area contributed by atoms with Crippen LogP contribution in [-0.2, 0) is 6.54 Å². The van der Waals surface area contributed by atoms with Crippen LogP contribution < -0.4 is 10.2 Å². The molecule has 0 bridgehead atoms. The van der Waals surface area contributed by atoms with Crippen LogP contribution in [0.15, 0.2) is 12.1 Å². The van der Waals surface area contributed by atoms with E-state index in [2.05, 4.69) is 27.0 Å². The lowest BCUT2D eigenvalue weighted by Crippen LogP contribution is -2.46. The first-order valence-corrected chi connectivity index (χ1v) is 6.89. The summed E-state index contributed by atoms with van der Waals surface area (Å²) in [5.74, 6) is 1.04. The quantitative estimate of drug-likeness (QED) is 0.899. The van der Waals surface area contributed by atoms with Crippen LogP contribution in [0.5, 0.6) is 0 Å². The van der Waals surface area contributed by atoms with Gasteiger partial charge in [-0.1, -0.05) is 18.5 Å². The van der Waals surface area contributed by atoms with Gasteiger partial charge >= 0.3 is 0 Å². The molecule has 2 heterocycles. The molecule has 0 aromatic carbocycles. The third-order valence-electron chi connectivity index (χ3n) is 3.39. The number of pyridine rings is 1. The van der Waals surface area contributed by atoms with Crippen molar-refractivity contribution in [3.63, 3.8) is 0 Å². The van der Waals surface area contributed by atoms with E-state index in [4.69, 9.17) is 11.6 Å². The van der Waals surface area contributed by atoms with Gasteiger partial charge in [-0.2, -0.15) is 0 Å². The summed E-state index contributed by atoms with van der Waals surface area (Å²) in [4.78, 5) is 9.44. The number of nitrogens with zero attached hydrogens (tertiary/aromatic N) is 3. The number of halogens is 1. The number of rotatable bonds is 4. The molecule has 0 spiro atoms. The first-order valence-electron chi connectivity index (χ1n) is 6.52. The van der Waals surface area contributed by atoms with Gasteiger partial charge in [0.2, 0.25) is 0 Å². The largest absolute Gasteiger partial charge is 0.354 e. The predicted octanol–water partition coefficient (Wildman–Crippen LogP) is 1.60. The maximum absolute atomic E-state index is 6.13. The Labute approximate surface area is 114 Å². The number of nitrogens with one attached hydrogen (secondary N) is 1. The van der Waals surface area contributed by atoms with Crippen LogP contribution in [0.1, 0.15) is 12.6 Å². The average Bonchev–Trinajstić information content (AvgIpc) is 2.42. The van der Waals surface area contributed by atoms with Crippen LogP contribution in [0.3, 0.4) is 0 Å². The van der Waals surface area contributed by atoms with Crippen LogP contribution >= 0.6 is 11.6 Å². The van der Waals surface area contributed by atoms with Crippen LogP contribution in [0, 0.1) is 0 Å². The van der Waals surface area contributed by atoms with Gasteiger partial charge < -0.3 is 15.1 Å². The van der Waals surface area contributed by atoms with E-state index in [0.29, 0.717) is 6.54 Å². The van der Waals surface area contributed by atoms with Crippen molar-refractivity contribution >= 4 is 17.4 Å². The molecule has 5 heteroatoms. The predicted molar refractivity (Wildman–Crippen MR) is 76.3 cm³/mol. The SMILES string of the molecule is CCN1CCN(c2ccc(Cl)c(CNC)n2)CC1. The van der Waals surface area contributed by atoms with Crippen molar-refractivity contribution in [3.8, 4) is 0 Å². The standard InChI is InChI=1S/C13H21ClN4/c1-3-17-6-8-18(9-7-17)13-5-4-11(14)12(16-13)10-15-2/h4-5,15H,3,6-10H2,1-2H3. The number of hydrogen-bond acceptors (Lipinski definition) is 4. The van der Waals surface area contributed by atoms with Crippen LogP contribution in [-0.4, -0.2) is 49.7 Å². The Morgan fingerprint density at radius 2 is 2.00 bits per heavy atom. The summed E-state index contributed by atoms with van der Waals surface area (Å²) < 4.78 is 0. The highest BCUT2D eigenvalue weighted by Gasteiger charge is 2.17. The minimum atomic E-state index is 0.710. The number of piperazine rings is 1. The molecule has 1 saturated heterocycles. The van der Waals surface area contributed by atoms with E-state index in [0.717, 1.165) is 49.3 Å². The van der Waals surface area contributed by atoms with Crippen LogP contribution in [0.2, 0.25) is 5.02 Å². The molecule has 100 valence electrons. The first kappa shape index (κ1) is 13.6. The highest BCUT2D eigenvalue weighted by molar-refractivity contribution is 6.31. The monoisotopic (exact) mass is 268 g/mol. The second kappa shape index (κ2) is 6.36. The Kier molecular flexibility index (Phi) is 4.80. The van der Waals surface area contributed by atoms with Gasteiger partial charge in [-0.05, 0) is 25.7 Å². The Morgan fingerprint density at radius 1 is 1.28 bits per heavy atom. The number of anilines is 1. The highest BCUT2D eigenvalue weighted by Crippen LogP contribution is 2.20. The summed E-state index contributed by atoms with van der Waals surface area (Å²) in [5.41, 5.74) is 0.926. The zero-order chi connectivity index (χ0) is 13.0. The fraction of sp³-hybridized carbons (Fsp3) is 0.615. The summed E-state index contributed by atoms with van der Waals surface area (Å²) in [7, 11) is 1.91. The molecule has 18 heavy (non-hydrogen) atoms. The lowest BCUT2D eigenvalue weighted by atomic mass is 10.3. The van der Waals surface area contributed by atoms with Crippen molar-refractivity contribution in [3.05, 3.63) is 22.8 Å². The van der Waals surface area contributed by atoms with E-state index < -0.39 is 0 Å². The number of hydrogen-bond donors (Lipinski definition) is 1. The topological polar surface area (TPSA) is 31.4 Å². The van der Waals surface area contributed by atoms with Gasteiger partial charge in [0, 0.05) is 32.7 Å². The zero-order valence-electron chi connectivity index (χ0n) is 11.1. The minimum absolute atomic E-state index is 0.710. The first-order chi connectivity index (χ1) is 8.74. The maximum Gasteiger partial charge on any atom is 0.129 e. The number of aromatic nitrogens is 1. The van der Waals surface area contributed by atoms with Gasteiger partial charge in [0.05, 0.1) is 10.7 Å². The van der Waals surface area contributed by atoms with Crippen LogP contribution in [0.4, 0.5) is 5.82 Å². The Balaban J connectivity index is 2.07. The second-order valence-electron chi connectivity index (χ2n) is 4.55. The summed E-state index contributed by atoms with van der Waals surface area (Å²) in [6.45, 7) is 8.36. The van der Waals surface area contributed by atoms with Gasteiger partial charge in [-0.25, -0.2) is 4.98 Å². The molecule has 1 aromatic rings. The lowest BCUT2D eigenvalue weighted by Gasteiger charge is -2.35. The van der Waals surface area contributed by atoms with Crippen molar-refractivity contribution in [2.24, 2.45) is 0 Å². The van der Waals surface area contributed by atoms with Gasteiger partial charge in [0.1, 0.15) is 5.82 Å². The smallest absolute Gasteiger partial charge is 0.129 e. The molecular weight excluding hydrogens is 248 g/mol. The molecule has 1 N–H and O–H groups in total. The summed E-state index contributed by atoms with van der Waals surface area (Å²) in [6, 6.07) is 3.96. The highest BCUT2D eigenvalue weighted by atomic mass is 35.5. The molecule has 1 aliphatic heterocycles. The Hall–Kier alpha value is -0.840. The molecule has 0 radical (unpaired) electrons. The molecule has 4 nitrogen and oxygen atoms in total. The molecule has 1 aliphatic rings. The summed E-state index contributed by atoms with van der Waals surface area (Å²) in [5, 5.41) is 3.83. The lowest BCUT2D eigenvalue weighted by molar-refractivity contribution is 0.270. The summed E-state index contributed by atoms with van der Waals surface area (Å²) >= 11 is 6.13. The molecule has 0 aliphatic carbocycles. The van der Waals surface area contributed by atoms with Crippen molar-refractivity contribution in [2.75, 3.05) is 44.7 Å². The van der Waals surface area contributed by atoms with Gasteiger partial charge in [0.15, 0.2) is 0 Å². The molecule has 2 rings (SSSR count). The Bertz CT molecular complexity index is 389. The molecule has 1 fully saturated rings. The normalized spacial score (nSPS) is 17.2. The Morgan fingerprint density at radius 3 is 2.61 bits per heavy atom. The van der Waals surface area contributed by atoms with Crippen LogP contribution in [0.25, 0.3) is 0 Å². The molecule has 0 saturated carbocycles. The van der Waals surface area contributed by atoms with E-state index in [1.807, 2.05) is 19.2 Å². The molecular formula is C13H21ClN4. The van der Waals surface area contributed by atoms with E-state index in [9.17, 15) is 0 Å². The van der Waals surface area contributed by atoms with Gasteiger partial charge in [0.25, 0.3) is 0 Å². The second-order valence-corrected chi connectivity index (χ2v) is 4.96. The van der Waals surface area contributed by atoms with Crippen molar-refractivity contribution in [2.45, 2.75) is 13.5 Å². The molecule has 0 unspecified atom stereocenters. The van der Waals surface area contributed by atoms with Gasteiger partial charge in [-0.15, -0.1) is 0 Å². The third-order valence-corrected chi connectivity index (χ3v) is 3.74. The third kappa shape index (κ3) is 3.13. The van der Waals surface area contributed by atoms with E-state index in [1.165, 1.54) is 0 Å². The fourth-order valence-electron chi connectivity index (χ4n) is 2.23. The molecule has 0 atom stereocenters. The van der Waals surface area contributed by atoms with E-state index in [-0.39, 0.29) is 0 Å². The van der Waals surface area contributed by atoms with Crippen molar-refractivity contribution in [1.29, 1.82) is 0 Å². The van der Waals surface area contributed by atoms with Crippen molar-refractivity contribution < 1.29 is 0 Å². The van der Waals surface area contributed by atoms with E-state index >= 15 is 0 Å². The number of likely N-dealkylation sites (N-methyl/N-ethyl adjacent to an activating group) is 1. The van der Waals surface area contributed by atoms with Crippen molar-refractivity contribution in [1.82, 2.24) is 15.2 Å². The molecule has 1 aromatic heterocycles. The summed E-state index contributed by atoms with van der Waals surface area (Å²) in [6.07, 6.45) is 0. The zero-order valence-corrected chi connectivity index (χ0v) is 11.9. The van der Waals surface area contributed by atoms with Gasteiger partial charge in [-0.3, -0.25) is 0 Å². The minimum Gasteiger partial charge on any atom is -0.354 e.